The third-order valence-electron chi connectivity index (χ3n) is 4.14. The average molecular weight is 298 g/mol. The molecule has 0 aliphatic heterocycles. The van der Waals surface area contributed by atoms with E-state index in [1.54, 1.807) is 19.1 Å². The molecule has 1 aromatic rings. The molecule has 0 spiro atoms. The van der Waals surface area contributed by atoms with Crippen molar-refractivity contribution in [3.05, 3.63) is 23.8 Å². The van der Waals surface area contributed by atoms with Gasteiger partial charge in [0.25, 0.3) is 0 Å². The minimum absolute atomic E-state index is 0.0193. The molecule has 0 heterocycles. The van der Waals surface area contributed by atoms with Gasteiger partial charge in [-0.2, -0.15) is 0 Å². The van der Waals surface area contributed by atoms with Gasteiger partial charge in [-0.1, -0.05) is 18.9 Å². The summed E-state index contributed by atoms with van der Waals surface area (Å²) in [5.74, 6) is 0. The summed E-state index contributed by atoms with van der Waals surface area (Å²) in [5.41, 5.74) is 6.45. The molecular weight excluding hydrogens is 276 g/mol. The molecule has 6 heteroatoms. The molecule has 1 aliphatic carbocycles. The lowest BCUT2D eigenvalue weighted by atomic mass is 9.88. The fraction of sp³-hybridized carbons (Fsp3) is 0.571. The summed E-state index contributed by atoms with van der Waals surface area (Å²) in [5, 5.41) is 9.53. The second kappa shape index (κ2) is 5.71. The van der Waals surface area contributed by atoms with E-state index >= 15 is 0 Å². The van der Waals surface area contributed by atoms with Crippen molar-refractivity contribution < 1.29 is 13.5 Å². The summed E-state index contributed by atoms with van der Waals surface area (Å²) in [7, 11) is -3.59. The van der Waals surface area contributed by atoms with Crippen LogP contribution in [-0.2, 0) is 10.0 Å². The monoisotopic (exact) mass is 298 g/mol. The van der Waals surface area contributed by atoms with E-state index in [1.165, 1.54) is 6.07 Å². The number of anilines is 1. The Morgan fingerprint density at radius 2 is 2.00 bits per heavy atom. The van der Waals surface area contributed by atoms with Gasteiger partial charge in [0.05, 0.1) is 4.90 Å². The molecule has 0 unspecified atom stereocenters. The molecule has 0 aromatic heterocycles. The van der Waals surface area contributed by atoms with Crippen molar-refractivity contribution in [3.63, 3.8) is 0 Å². The van der Waals surface area contributed by atoms with Gasteiger partial charge in [0.2, 0.25) is 10.0 Å². The Labute approximate surface area is 120 Å². The lowest BCUT2D eigenvalue weighted by Crippen LogP contribution is -2.38. The predicted molar refractivity (Wildman–Crippen MR) is 78.8 cm³/mol. The third kappa shape index (κ3) is 3.13. The van der Waals surface area contributed by atoms with E-state index in [4.69, 9.17) is 5.73 Å². The van der Waals surface area contributed by atoms with Crippen molar-refractivity contribution in [2.24, 2.45) is 5.41 Å². The normalized spacial score (nSPS) is 18.3. The van der Waals surface area contributed by atoms with Crippen LogP contribution in [0.5, 0.6) is 0 Å². The molecule has 1 fully saturated rings. The van der Waals surface area contributed by atoms with Gasteiger partial charge in [0.15, 0.2) is 0 Å². The third-order valence-corrected chi connectivity index (χ3v) is 5.68. The zero-order chi connectivity index (χ0) is 14.8. The lowest BCUT2D eigenvalue weighted by Gasteiger charge is -2.26. The summed E-state index contributed by atoms with van der Waals surface area (Å²) in [6, 6.07) is 4.85. The van der Waals surface area contributed by atoms with Crippen LogP contribution in [0.25, 0.3) is 0 Å². The molecule has 1 saturated carbocycles. The molecule has 0 amide bonds. The first-order valence-electron chi connectivity index (χ1n) is 6.85. The zero-order valence-corrected chi connectivity index (χ0v) is 12.5. The highest BCUT2D eigenvalue weighted by molar-refractivity contribution is 7.89. The Kier molecular flexibility index (Phi) is 4.36. The van der Waals surface area contributed by atoms with E-state index in [0.29, 0.717) is 11.3 Å². The largest absolute Gasteiger partial charge is 0.399 e. The second-order valence-corrected chi connectivity index (χ2v) is 7.45. The first kappa shape index (κ1) is 15.3. The number of nitrogens with two attached hydrogens (primary N) is 1. The molecule has 4 N–H and O–H groups in total. The minimum Gasteiger partial charge on any atom is -0.399 e. The number of aliphatic hydroxyl groups is 1. The van der Waals surface area contributed by atoms with Gasteiger partial charge in [-0.15, -0.1) is 0 Å². The highest BCUT2D eigenvalue weighted by Crippen LogP contribution is 2.37. The number of rotatable bonds is 5. The predicted octanol–water partition coefficient (Wildman–Crippen LogP) is 1.41. The molecule has 0 saturated heterocycles. The number of nitrogen functional groups attached to an aromatic ring is 1. The van der Waals surface area contributed by atoms with Crippen molar-refractivity contribution in [2.45, 2.75) is 37.5 Å². The minimum atomic E-state index is -3.59. The molecule has 20 heavy (non-hydrogen) atoms. The maximum atomic E-state index is 12.4. The number of benzene rings is 1. The first-order valence-corrected chi connectivity index (χ1v) is 8.34. The quantitative estimate of drug-likeness (QED) is 0.717. The van der Waals surface area contributed by atoms with Crippen molar-refractivity contribution in [3.8, 4) is 0 Å². The van der Waals surface area contributed by atoms with Crippen molar-refractivity contribution in [1.82, 2.24) is 4.72 Å². The summed E-state index contributed by atoms with van der Waals surface area (Å²) in [6.45, 7) is 2.04. The van der Waals surface area contributed by atoms with E-state index in [2.05, 4.69) is 4.72 Å². The molecule has 1 aromatic carbocycles. The fourth-order valence-electron chi connectivity index (χ4n) is 2.75. The van der Waals surface area contributed by atoms with Crippen LogP contribution < -0.4 is 10.5 Å². The Hall–Kier alpha value is -1.11. The Bertz CT molecular complexity index is 578. The SMILES string of the molecule is Cc1ccc(N)cc1S(=O)(=O)NCC1(CO)CCCC1. The van der Waals surface area contributed by atoms with Crippen LogP contribution in [0.15, 0.2) is 23.1 Å². The highest BCUT2D eigenvalue weighted by atomic mass is 32.2. The molecule has 112 valence electrons. The number of sulfonamides is 1. The highest BCUT2D eigenvalue weighted by Gasteiger charge is 2.34. The Balaban J connectivity index is 2.17. The summed E-state index contributed by atoms with van der Waals surface area (Å²) in [6.07, 6.45) is 3.81. The second-order valence-electron chi connectivity index (χ2n) is 5.71. The van der Waals surface area contributed by atoms with E-state index < -0.39 is 10.0 Å². The van der Waals surface area contributed by atoms with Crippen molar-refractivity contribution in [2.75, 3.05) is 18.9 Å². The number of nitrogens with one attached hydrogen (secondary N) is 1. The van der Waals surface area contributed by atoms with Crippen molar-refractivity contribution >= 4 is 15.7 Å². The number of aryl methyl sites for hydroxylation is 1. The van der Waals surface area contributed by atoms with Crippen LogP contribution >= 0.6 is 0 Å². The van der Waals surface area contributed by atoms with Crippen molar-refractivity contribution in [1.29, 1.82) is 0 Å². The van der Waals surface area contributed by atoms with Crippen LogP contribution in [0.3, 0.4) is 0 Å². The molecule has 2 rings (SSSR count). The van der Waals surface area contributed by atoms with Gasteiger partial charge >= 0.3 is 0 Å². The molecule has 0 atom stereocenters. The van der Waals surface area contributed by atoms with E-state index in [0.717, 1.165) is 25.7 Å². The summed E-state index contributed by atoms with van der Waals surface area (Å²) >= 11 is 0. The van der Waals surface area contributed by atoms with Crippen LogP contribution in [0.1, 0.15) is 31.2 Å². The van der Waals surface area contributed by atoms with Crippen LogP contribution in [-0.4, -0.2) is 26.7 Å². The molecule has 5 nitrogen and oxygen atoms in total. The number of hydrogen-bond acceptors (Lipinski definition) is 4. The van der Waals surface area contributed by atoms with E-state index in [9.17, 15) is 13.5 Å². The van der Waals surface area contributed by atoms with Gasteiger partial charge < -0.3 is 10.8 Å². The Morgan fingerprint density at radius 1 is 1.35 bits per heavy atom. The maximum absolute atomic E-state index is 12.4. The lowest BCUT2D eigenvalue weighted by molar-refractivity contribution is 0.134. The molecular formula is C14H22N2O3S. The van der Waals surface area contributed by atoms with Gasteiger partial charge in [-0.05, 0) is 37.5 Å². The van der Waals surface area contributed by atoms with Crippen LogP contribution in [0.4, 0.5) is 5.69 Å². The standard InChI is InChI=1S/C14H22N2O3S/c1-11-4-5-12(15)8-13(11)20(18,19)16-9-14(10-17)6-2-3-7-14/h4-5,8,16-17H,2-3,6-7,9-10,15H2,1H3. The summed E-state index contributed by atoms with van der Waals surface area (Å²) < 4.78 is 27.4. The number of aliphatic hydroxyl groups excluding tert-OH is 1. The topological polar surface area (TPSA) is 92.4 Å². The van der Waals surface area contributed by atoms with Crippen LogP contribution in [0, 0.1) is 12.3 Å². The van der Waals surface area contributed by atoms with E-state index in [1.807, 2.05) is 0 Å². The van der Waals surface area contributed by atoms with Crippen LogP contribution in [0.2, 0.25) is 0 Å². The van der Waals surface area contributed by atoms with Gasteiger partial charge in [-0.25, -0.2) is 13.1 Å². The summed E-state index contributed by atoms with van der Waals surface area (Å²) in [4.78, 5) is 0.212. The average Bonchev–Trinajstić information content (AvgIpc) is 2.89. The molecule has 0 bridgehead atoms. The molecule has 1 aliphatic rings. The first-order chi connectivity index (χ1) is 9.38. The van der Waals surface area contributed by atoms with Gasteiger partial charge in [0, 0.05) is 24.3 Å². The number of hydrogen-bond donors (Lipinski definition) is 3. The van der Waals surface area contributed by atoms with E-state index in [-0.39, 0.29) is 23.5 Å². The Morgan fingerprint density at radius 3 is 2.60 bits per heavy atom. The molecule has 0 radical (unpaired) electrons. The van der Waals surface area contributed by atoms with Gasteiger partial charge in [-0.3, -0.25) is 0 Å². The fourth-order valence-corrected chi connectivity index (χ4v) is 4.18. The smallest absolute Gasteiger partial charge is 0.240 e. The maximum Gasteiger partial charge on any atom is 0.240 e. The van der Waals surface area contributed by atoms with Gasteiger partial charge in [0.1, 0.15) is 0 Å². The zero-order valence-electron chi connectivity index (χ0n) is 11.7.